The Hall–Kier alpha value is -3.85. The molecule has 0 radical (unpaired) electrons. The Bertz CT molecular complexity index is 1460. The molecule has 14 heteroatoms. The summed E-state index contributed by atoms with van der Waals surface area (Å²) in [5.74, 6) is -7.30. The molecule has 0 bridgehead atoms. The van der Waals surface area contributed by atoms with Gasteiger partial charge < -0.3 is 35.3 Å². The number of rotatable bonds is 7. The molecule has 5 atom stereocenters. The van der Waals surface area contributed by atoms with Gasteiger partial charge in [-0.3, -0.25) is 19.3 Å². The summed E-state index contributed by atoms with van der Waals surface area (Å²) < 4.78 is 0. The van der Waals surface area contributed by atoms with Gasteiger partial charge in [-0.25, -0.2) is 0 Å². The van der Waals surface area contributed by atoms with E-state index in [1.165, 1.54) is 30.0 Å². The van der Waals surface area contributed by atoms with E-state index in [-0.39, 0.29) is 30.5 Å². The van der Waals surface area contributed by atoms with Gasteiger partial charge in [0.1, 0.15) is 28.9 Å². The largest absolute Gasteiger partial charge is 0.510 e. The highest BCUT2D eigenvalue weighted by Crippen LogP contribution is 2.56. The lowest BCUT2D eigenvalue weighted by Crippen LogP contribution is -2.64. The molecular weight excluding hydrogens is 566 g/mol. The van der Waals surface area contributed by atoms with Crippen LogP contribution in [-0.4, -0.2) is 109 Å². The fourth-order valence-electron chi connectivity index (χ4n) is 7.28. The van der Waals surface area contributed by atoms with Gasteiger partial charge in [0.25, 0.3) is 5.09 Å². The van der Waals surface area contributed by atoms with Crippen LogP contribution in [0.5, 0.6) is 5.75 Å². The van der Waals surface area contributed by atoms with Crippen molar-refractivity contribution in [3.8, 4) is 5.75 Å². The van der Waals surface area contributed by atoms with Crippen molar-refractivity contribution in [3.63, 3.8) is 0 Å². The zero-order chi connectivity index (χ0) is 31.6. The van der Waals surface area contributed by atoms with Crippen molar-refractivity contribution in [2.45, 2.75) is 56.0 Å². The van der Waals surface area contributed by atoms with E-state index >= 15 is 0 Å². The number of carbonyl (C=O) groups is 3. The molecular formula is C29H35N3O11. The van der Waals surface area contributed by atoms with E-state index in [9.17, 15) is 50.0 Å². The van der Waals surface area contributed by atoms with Crippen LogP contribution in [0.25, 0.3) is 0 Å². The second-order valence-corrected chi connectivity index (χ2v) is 12.1. The van der Waals surface area contributed by atoms with E-state index in [2.05, 4.69) is 4.84 Å². The van der Waals surface area contributed by atoms with Gasteiger partial charge in [0, 0.05) is 43.5 Å². The number of carbonyl (C=O) groups excluding carboxylic acids is 3. The molecule has 1 aromatic rings. The zero-order valence-corrected chi connectivity index (χ0v) is 24.0. The number of aromatic hydroxyl groups is 1. The second kappa shape index (κ2) is 10.7. The number of phenolic OH excluding ortho intramolecular Hbond substituents is 1. The molecule has 3 aliphatic carbocycles. The average Bonchev–Trinajstić information content (AvgIpc) is 2.92. The highest BCUT2D eigenvalue weighted by Gasteiger charge is 2.65. The molecule has 5 N–H and O–H groups in total. The Labute approximate surface area is 246 Å². The average molecular weight is 602 g/mol. The summed E-state index contributed by atoms with van der Waals surface area (Å²) in [7, 11) is 3.12. The van der Waals surface area contributed by atoms with Crippen LogP contribution in [0.1, 0.15) is 48.5 Å². The maximum atomic E-state index is 13.9. The first-order chi connectivity index (χ1) is 20.1. The predicted octanol–water partition coefficient (Wildman–Crippen LogP) is 0.932. The van der Waals surface area contributed by atoms with Crippen molar-refractivity contribution < 1.29 is 49.8 Å². The van der Waals surface area contributed by atoms with Crippen molar-refractivity contribution in [3.05, 3.63) is 62.1 Å². The van der Waals surface area contributed by atoms with Crippen LogP contribution in [0.3, 0.4) is 0 Å². The molecule has 5 rings (SSSR count). The Morgan fingerprint density at radius 2 is 1.81 bits per heavy atom. The summed E-state index contributed by atoms with van der Waals surface area (Å²) in [6.07, 6.45) is -0.271. The van der Waals surface area contributed by atoms with Crippen molar-refractivity contribution in [2.75, 3.05) is 33.7 Å². The number of Topliss-reactive ketones (excluding diaryl/α,β-unsaturated/α-hetero) is 3. The lowest BCUT2D eigenvalue weighted by Gasteiger charge is -2.53. The van der Waals surface area contributed by atoms with E-state index in [0.29, 0.717) is 25.9 Å². The predicted molar refractivity (Wildman–Crippen MR) is 148 cm³/mol. The van der Waals surface area contributed by atoms with Crippen LogP contribution < -0.4 is 0 Å². The standard InChI is InChI=1S/C29H35N3O11/c1-28(39)15-5-4-6-18(33)20(15)24(35)21-16(28)13-17-23(30(2)3)25(36)22(27(38)29(17,40)26(21)37)19(34)9-12-31-10-7-14(8-11-31)43-32(41)42/h4-6,14,16-17,23,33,36-37,39-40H,7-13H2,1-3H3/t16-,17-,23-,28?,29-/m0/s1. The smallest absolute Gasteiger partial charge is 0.294 e. The minimum Gasteiger partial charge on any atom is -0.510 e. The fraction of sp³-hybridized carbons (Fsp3) is 0.552. The zero-order valence-electron chi connectivity index (χ0n) is 24.0. The van der Waals surface area contributed by atoms with Crippen LogP contribution in [-0.2, 0) is 20.0 Å². The van der Waals surface area contributed by atoms with Gasteiger partial charge in [0.15, 0.2) is 17.2 Å². The lowest BCUT2D eigenvalue weighted by molar-refractivity contribution is -0.769. The number of aliphatic hydroxyl groups excluding tert-OH is 2. The summed E-state index contributed by atoms with van der Waals surface area (Å²) in [4.78, 5) is 59.6. The van der Waals surface area contributed by atoms with E-state index in [4.69, 9.17) is 0 Å². The number of nitrogens with zero attached hydrogens (tertiary/aromatic N) is 3. The summed E-state index contributed by atoms with van der Waals surface area (Å²) in [6, 6.07) is 3.04. The molecule has 1 unspecified atom stereocenters. The number of ketones is 3. The first-order valence-corrected chi connectivity index (χ1v) is 14.1. The molecule has 43 heavy (non-hydrogen) atoms. The Morgan fingerprint density at radius 3 is 2.42 bits per heavy atom. The van der Waals surface area contributed by atoms with Gasteiger partial charge in [-0.05, 0) is 51.9 Å². The molecule has 1 saturated heterocycles. The summed E-state index contributed by atoms with van der Waals surface area (Å²) in [5, 5.41) is 66.7. The van der Waals surface area contributed by atoms with Crippen molar-refractivity contribution >= 4 is 17.3 Å². The SMILES string of the molecule is CN(C)[C@@H]1C(O)=C(C(=O)CCN2CCC(O[N+](=O)[O-])CC2)C(=O)[C@@]2(O)C(O)=C3C(=O)c4c(O)cccc4C(C)(O)[C@H]3C[C@@H]12. The number of aliphatic hydroxyl groups is 4. The van der Waals surface area contributed by atoms with Crippen LogP contribution in [0.4, 0.5) is 0 Å². The third-order valence-electron chi connectivity index (χ3n) is 9.48. The molecule has 0 spiro atoms. The highest BCUT2D eigenvalue weighted by atomic mass is 17.0. The van der Waals surface area contributed by atoms with E-state index < -0.39 is 86.0 Å². The van der Waals surface area contributed by atoms with Crippen molar-refractivity contribution in [1.82, 2.24) is 9.80 Å². The highest BCUT2D eigenvalue weighted by molar-refractivity contribution is 6.25. The van der Waals surface area contributed by atoms with Crippen LogP contribution in [0, 0.1) is 22.0 Å². The van der Waals surface area contributed by atoms with Crippen molar-refractivity contribution in [2.24, 2.45) is 11.8 Å². The minimum atomic E-state index is -2.77. The first-order valence-electron chi connectivity index (χ1n) is 14.1. The van der Waals surface area contributed by atoms with Gasteiger partial charge in [0.05, 0.1) is 17.2 Å². The summed E-state index contributed by atoms with van der Waals surface area (Å²) in [6.45, 7) is 2.38. The molecule has 0 saturated carbocycles. The molecule has 1 heterocycles. The van der Waals surface area contributed by atoms with Gasteiger partial charge in [-0.1, -0.05) is 12.1 Å². The van der Waals surface area contributed by atoms with Crippen LogP contribution in [0.2, 0.25) is 0 Å². The Balaban J connectivity index is 1.49. The number of benzene rings is 1. The van der Waals surface area contributed by atoms with Gasteiger partial charge in [0.2, 0.25) is 5.78 Å². The molecule has 1 aromatic carbocycles. The maximum Gasteiger partial charge on any atom is 0.294 e. The topological polar surface area (TPSA) is 211 Å². The minimum absolute atomic E-state index is 0.123. The Morgan fingerprint density at radius 1 is 1.16 bits per heavy atom. The van der Waals surface area contributed by atoms with E-state index in [0.717, 1.165) is 0 Å². The molecule has 0 aromatic heterocycles. The maximum absolute atomic E-state index is 13.9. The molecule has 0 amide bonds. The molecule has 1 aliphatic heterocycles. The van der Waals surface area contributed by atoms with Crippen LogP contribution in [0.15, 0.2) is 40.9 Å². The number of likely N-dealkylation sites (N-methyl/N-ethyl adjacent to an activating group) is 1. The van der Waals surface area contributed by atoms with Gasteiger partial charge in [-0.2, -0.15) is 0 Å². The number of piperidine rings is 1. The van der Waals surface area contributed by atoms with Gasteiger partial charge in [-0.15, -0.1) is 10.1 Å². The number of hydrogen-bond acceptors (Lipinski definition) is 13. The first kappa shape index (κ1) is 30.6. The van der Waals surface area contributed by atoms with Crippen molar-refractivity contribution in [1.29, 1.82) is 0 Å². The molecule has 1 fully saturated rings. The van der Waals surface area contributed by atoms with E-state index in [1.807, 2.05) is 4.90 Å². The summed E-state index contributed by atoms with van der Waals surface area (Å²) >= 11 is 0. The molecule has 4 aliphatic rings. The number of likely N-dealkylation sites (tertiary alicyclic amines) is 1. The lowest BCUT2D eigenvalue weighted by atomic mass is 9.55. The Kier molecular flexibility index (Phi) is 7.61. The molecule has 14 nitrogen and oxygen atoms in total. The quantitative estimate of drug-likeness (QED) is 0.167. The fourth-order valence-corrected chi connectivity index (χ4v) is 7.28. The normalized spacial score (nSPS) is 31.5. The van der Waals surface area contributed by atoms with E-state index in [1.54, 1.807) is 14.1 Å². The third kappa shape index (κ3) is 4.69. The molecule has 232 valence electrons. The number of phenols is 1. The van der Waals surface area contributed by atoms with Crippen LogP contribution >= 0.6 is 0 Å². The number of hydrogen-bond donors (Lipinski definition) is 5. The second-order valence-electron chi connectivity index (χ2n) is 12.1. The van der Waals surface area contributed by atoms with Gasteiger partial charge >= 0.3 is 0 Å². The summed E-state index contributed by atoms with van der Waals surface area (Å²) in [5.41, 5.74) is -5.84. The third-order valence-corrected chi connectivity index (χ3v) is 9.48. The monoisotopic (exact) mass is 601 g/mol. The number of fused-ring (bicyclic) bond motifs is 3.